The Balaban J connectivity index is 1.19. The predicted molar refractivity (Wildman–Crippen MR) is 132 cm³/mol. The number of methoxy groups -OCH3 is 2. The fourth-order valence-corrected chi connectivity index (χ4v) is 10.8. The van der Waals surface area contributed by atoms with Gasteiger partial charge in [-0.15, -0.1) is 0 Å². The van der Waals surface area contributed by atoms with Gasteiger partial charge < -0.3 is 9.47 Å². The van der Waals surface area contributed by atoms with Crippen molar-refractivity contribution in [3.63, 3.8) is 0 Å². The summed E-state index contributed by atoms with van der Waals surface area (Å²) in [4.78, 5) is 4.67. The third-order valence-corrected chi connectivity index (χ3v) is 12.4. The van der Waals surface area contributed by atoms with Crippen molar-refractivity contribution in [1.29, 1.82) is 0 Å². The van der Waals surface area contributed by atoms with E-state index in [0.29, 0.717) is 22.3 Å². The van der Waals surface area contributed by atoms with E-state index in [-0.39, 0.29) is 0 Å². The van der Waals surface area contributed by atoms with Crippen molar-refractivity contribution in [2.45, 2.75) is 91.1 Å². The minimum Gasteiger partial charge on any atom is -0.481 e. The quantitative estimate of drug-likeness (QED) is 0.469. The van der Waals surface area contributed by atoms with Crippen LogP contribution in [0.5, 0.6) is 5.88 Å². The van der Waals surface area contributed by atoms with Crippen LogP contribution in [0, 0.1) is 51.8 Å². The molecule has 0 radical (unpaired) electrons. The van der Waals surface area contributed by atoms with Crippen molar-refractivity contribution < 1.29 is 9.47 Å². The zero-order valence-corrected chi connectivity index (χ0v) is 21.6. The Morgan fingerprint density at radius 3 is 2.67 bits per heavy atom. The summed E-state index contributed by atoms with van der Waals surface area (Å²) >= 11 is 0. The highest BCUT2D eigenvalue weighted by Crippen LogP contribution is 2.82. The molecule has 0 saturated heterocycles. The number of hydrogen-bond donors (Lipinski definition) is 0. The first kappa shape index (κ1) is 22.4. The number of pyridine rings is 1. The van der Waals surface area contributed by atoms with Crippen molar-refractivity contribution >= 4 is 0 Å². The molecule has 3 heteroatoms. The van der Waals surface area contributed by atoms with Crippen molar-refractivity contribution in [3.05, 3.63) is 23.9 Å². The lowest BCUT2D eigenvalue weighted by atomic mass is 9.45. The summed E-state index contributed by atoms with van der Waals surface area (Å²) in [6.45, 7) is 7.92. The number of nitrogens with zero attached hydrogens (tertiary/aromatic N) is 1. The number of ether oxygens (including phenoxy) is 2. The van der Waals surface area contributed by atoms with Crippen LogP contribution in [-0.4, -0.2) is 25.3 Å². The Morgan fingerprint density at radius 1 is 1.06 bits per heavy atom. The van der Waals surface area contributed by atoms with Crippen LogP contribution in [0.4, 0.5) is 0 Å². The highest BCUT2D eigenvalue weighted by molar-refractivity contribution is 5.26. The molecule has 1 aromatic heterocycles. The molecule has 5 fully saturated rings. The zero-order chi connectivity index (χ0) is 23.0. The zero-order valence-electron chi connectivity index (χ0n) is 21.6. The van der Waals surface area contributed by atoms with Gasteiger partial charge in [0.2, 0.25) is 5.88 Å². The third kappa shape index (κ3) is 2.99. The number of hydrogen-bond acceptors (Lipinski definition) is 3. The first-order chi connectivity index (χ1) is 15.9. The first-order valence-corrected chi connectivity index (χ1v) is 13.9. The van der Waals surface area contributed by atoms with Crippen LogP contribution >= 0.6 is 0 Å². The van der Waals surface area contributed by atoms with Gasteiger partial charge in [-0.1, -0.05) is 26.8 Å². The molecule has 1 unspecified atom stereocenters. The SMILES string of the molecule is COc1cccc(CC[C@@H](C)[C@H]2CC[C@H]3[C@@H]4C[C@@H](OC)C56C[C@H]5CC[C@]6(C)[C@H]4CC[C@]23C)n1. The van der Waals surface area contributed by atoms with Crippen LogP contribution in [-0.2, 0) is 11.2 Å². The molecule has 0 amide bonds. The summed E-state index contributed by atoms with van der Waals surface area (Å²) < 4.78 is 11.7. The Kier molecular flexibility index (Phi) is 5.22. The minimum absolute atomic E-state index is 0.517. The van der Waals surface area contributed by atoms with Crippen LogP contribution in [0.3, 0.4) is 0 Å². The molecular formula is C30H45NO2. The topological polar surface area (TPSA) is 31.4 Å². The van der Waals surface area contributed by atoms with E-state index in [0.717, 1.165) is 47.8 Å². The van der Waals surface area contributed by atoms with E-state index in [1.807, 2.05) is 13.2 Å². The molecule has 5 aliphatic carbocycles. The number of fused-ring (bicyclic) bond motifs is 4. The van der Waals surface area contributed by atoms with E-state index in [1.165, 1.54) is 63.5 Å². The molecule has 10 atom stereocenters. The summed E-state index contributed by atoms with van der Waals surface area (Å²) in [5.41, 5.74) is 2.79. The molecule has 182 valence electrons. The molecule has 0 aromatic carbocycles. The second-order valence-electron chi connectivity index (χ2n) is 13.2. The van der Waals surface area contributed by atoms with Gasteiger partial charge in [-0.2, -0.15) is 0 Å². The van der Waals surface area contributed by atoms with Crippen molar-refractivity contribution in [2.75, 3.05) is 14.2 Å². The van der Waals surface area contributed by atoms with Crippen molar-refractivity contribution in [1.82, 2.24) is 4.98 Å². The lowest BCUT2D eigenvalue weighted by Gasteiger charge is -2.61. The highest BCUT2D eigenvalue weighted by Gasteiger charge is 2.77. The smallest absolute Gasteiger partial charge is 0.213 e. The van der Waals surface area contributed by atoms with E-state index in [9.17, 15) is 0 Å². The number of aromatic nitrogens is 1. The van der Waals surface area contributed by atoms with Crippen molar-refractivity contribution in [3.8, 4) is 5.88 Å². The Morgan fingerprint density at radius 2 is 1.91 bits per heavy atom. The van der Waals surface area contributed by atoms with Crippen LogP contribution < -0.4 is 4.74 Å². The maximum absolute atomic E-state index is 6.31. The maximum atomic E-state index is 6.31. The molecule has 33 heavy (non-hydrogen) atoms. The monoisotopic (exact) mass is 451 g/mol. The molecule has 1 aromatic rings. The molecule has 1 heterocycles. The molecule has 6 rings (SSSR count). The standard InChI is InChI=1S/C30H45NO2/c1-19(9-10-21-7-6-8-27(31-21)33-5)23-11-12-24-22-17-26(32-4)30-18-20(30)13-16-29(30,3)25(22)14-15-28(23,24)2/h6-8,19-20,22-26H,9-18H2,1-5H3/t19-,20-,22+,23-,24+,25+,26-,28-,29-,30?/m1/s1. The Bertz CT molecular complexity index is 901. The molecule has 1 spiro atoms. The average molecular weight is 452 g/mol. The fraction of sp³-hybridized carbons (Fsp3) is 0.833. The predicted octanol–water partition coefficient (Wildman–Crippen LogP) is 6.94. The first-order valence-electron chi connectivity index (χ1n) is 13.9. The number of aryl methyl sites for hydroxylation is 1. The molecule has 5 saturated carbocycles. The van der Waals surface area contributed by atoms with E-state index in [1.54, 1.807) is 7.11 Å². The van der Waals surface area contributed by atoms with Gasteiger partial charge in [0.1, 0.15) is 0 Å². The van der Waals surface area contributed by atoms with E-state index in [2.05, 4.69) is 37.9 Å². The van der Waals surface area contributed by atoms with Gasteiger partial charge in [0.15, 0.2) is 0 Å². The molecular weight excluding hydrogens is 406 g/mol. The summed E-state index contributed by atoms with van der Waals surface area (Å²) in [6.07, 6.45) is 14.4. The van der Waals surface area contributed by atoms with Crippen LogP contribution in [0.15, 0.2) is 18.2 Å². The molecule has 0 bridgehead atoms. The fourth-order valence-electron chi connectivity index (χ4n) is 10.8. The second kappa shape index (κ2) is 7.70. The lowest BCUT2D eigenvalue weighted by Crippen LogP contribution is -2.57. The minimum atomic E-state index is 0.517. The lowest BCUT2D eigenvalue weighted by molar-refractivity contribution is -0.161. The Labute approximate surface area is 201 Å². The third-order valence-electron chi connectivity index (χ3n) is 12.4. The average Bonchev–Trinajstić information content (AvgIpc) is 3.33. The summed E-state index contributed by atoms with van der Waals surface area (Å²) in [5, 5.41) is 0. The van der Waals surface area contributed by atoms with Gasteiger partial charge in [0.05, 0.1) is 13.2 Å². The van der Waals surface area contributed by atoms with Crippen LogP contribution in [0.2, 0.25) is 0 Å². The molecule has 3 nitrogen and oxygen atoms in total. The van der Waals surface area contributed by atoms with Gasteiger partial charge in [0.25, 0.3) is 0 Å². The summed E-state index contributed by atoms with van der Waals surface area (Å²) in [5.74, 6) is 6.08. The van der Waals surface area contributed by atoms with Gasteiger partial charge in [0, 0.05) is 24.3 Å². The summed E-state index contributed by atoms with van der Waals surface area (Å²) in [6, 6.07) is 6.19. The normalized spacial score (nSPS) is 48.4. The van der Waals surface area contributed by atoms with E-state index < -0.39 is 0 Å². The van der Waals surface area contributed by atoms with Crippen LogP contribution in [0.25, 0.3) is 0 Å². The van der Waals surface area contributed by atoms with Gasteiger partial charge in [-0.3, -0.25) is 0 Å². The van der Waals surface area contributed by atoms with Gasteiger partial charge in [-0.25, -0.2) is 4.98 Å². The number of rotatable bonds is 6. The summed E-state index contributed by atoms with van der Waals surface area (Å²) in [7, 11) is 3.73. The van der Waals surface area contributed by atoms with Gasteiger partial charge >= 0.3 is 0 Å². The van der Waals surface area contributed by atoms with Crippen LogP contribution in [0.1, 0.15) is 84.3 Å². The molecule has 0 N–H and O–H groups in total. The van der Waals surface area contributed by atoms with E-state index >= 15 is 0 Å². The van der Waals surface area contributed by atoms with Gasteiger partial charge in [-0.05, 0) is 117 Å². The highest BCUT2D eigenvalue weighted by atomic mass is 16.5. The Hall–Kier alpha value is -1.09. The molecule has 0 aliphatic heterocycles. The van der Waals surface area contributed by atoms with E-state index in [4.69, 9.17) is 9.47 Å². The maximum Gasteiger partial charge on any atom is 0.213 e. The molecule has 5 aliphatic rings. The second-order valence-corrected chi connectivity index (χ2v) is 13.2. The van der Waals surface area contributed by atoms with Crippen molar-refractivity contribution in [2.24, 2.45) is 51.8 Å². The largest absolute Gasteiger partial charge is 0.481 e.